The van der Waals surface area contributed by atoms with E-state index in [2.05, 4.69) is 26.1 Å². The molecule has 0 bridgehead atoms. The second-order valence-corrected chi connectivity index (χ2v) is 7.46. The Hall–Kier alpha value is -3.47. The number of nitrogens with zero attached hydrogens (tertiary/aromatic N) is 6. The van der Waals surface area contributed by atoms with Crippen LogP contribution in [0.25, 0.3) is 11.1 Å². The molecule has 4 heterocycles. The normalized spacial score (nSPS) is 14.4. The molecule has 1 aliphatic rings. The Kier molecular flexibility index (Phi) is 4.89. The summed E-state index contributed by atoms with van der Waals surface area (Å²) in [6.07, 6.45) is 1.68. The van der Waals surface area contributed by atoms with Crippen LogP contribution in [0.4, 0.5) is 5.82 Å². The molecule has 0 aromatic carbocycles. The van der Waals surface area contributed by atoms with E-state index >= 15 is 0 Å². The maximum Gasteiger partial charge on any atom is 0.259 e. The maximum atomic E-state index is 13.3. The molecule has 8 heteroatoms. The largest absolute Gasteiger partial charge is 0.352 e. The summed E-state index contributed by atoms with van der Waals surface area (Å²) in [5.41, 5.74) is 3.01. The minimum atomic E-state index is -0.0493. The van der Waals surface area contributed by atoms with Gasteiger partial charge in [-0.25, -0.2) is 9.97 Å². The van der Waals surface area contributed by atoms with E-state index in [-0.39, 0.29) is 11.8 Å². The van der Waals surface area contributed by atoms with Crippen LogP contribution in [-0.2, 0) is 0 Å². The number of anilines is 1. The Bertz CT molecular complexity index is 1110. The number of fused-ring (bicyclic) bond motifs is 1. The highest BCUT2D eigenvalue weighted by Crippen LogP contribution is 2.27. The van der Waals surface area contributed by atoms with Gasteiger partial charge in [-0.1, -0.05) is 19.0 Å². The van der Waals surface area contributed by atoms with Crippen LogP contribution in [0.1, 0.15) is 47.1 Å². The summed E-state index contributed by atoms with van der Waals surface area (Å²) in [5.74, 6) is 0.791. The summed E-state index contributed by atoms with van der Waals surface area (Å²) in [4.78, 5) is 26.1. The molecule has 8 nitrogen and oxygen atoms in total. The first-order valence-corrected chi connectivity index (χ1v) is 9.66. The highest BCUT2D eigenvalue weighted by Gasteiger charge is 2.27. The van der Waals surface area contributed by atoms with E-state index in [0.717, 1.165) is 5.69 Å². The summed E-state index contributed by atoms with van der Waals surface area (Å²) in [5, 5.41) is 14.0. The van der Waals surface area contributed by atoms with E-state index in [1.807, 2.05) is 31.7 Å². The molecule has 4 rings (SSSR count). The Morgan fingerprint density at radius 3 is 2.72 bits per heavy atom. The zero-order chi connectivity index (χ0) is 20.5. The number of hydrogen-bond acceptors (Lipinski definition) is 7. The summed E-state index contributed by atoms with van der Waals surface area (Å²) >= 11 is 0. The fraction of sp³-hybridized carbons (Fsp3) is 0.381. The van der Waals surface area contributed by atoms with Crippen LogP contribution in [0.3, 0.4) is 0 Å². The van der Waals surface area contributed by atoms with Crippen LogP contribution in [0, 0.1) is 18.3 Å². The lowest BCUT2D eigenvalue weighted by Crippen LogP contribution is -2.49. The van der Waals surface area contributed by atoms with Crippen molar-refractivity contribution >= 4 is 22.8 Å². The van der Waals surface area contributed by atoms with Gasteiger partial charge in [-0.15, -0.1) is 0 Å². The number of piperazine rings is 1. The number of aromatic nitrogens is 3. The van der Waals surface area contributed by atoms with Crippen molar-refractivity contribution in [1.82, 2.24) is 20.0 Å². The predicted molar refractivity (Wildman–Crippen MR) is 108 cm³/mol. The average Bonchev–Trinajstić information content (AvgIpc) is 3.13. The number of rotatable bonds is 3. The molecule has 1 fully saturated rings. The Morgan fingerprint density at radius 1 is 1.28 bits per heavy atom. The lowest BCUT2D eigenvalue weighted by molar-refractivity contribution is 0.0748. The standard InChI is InChI=1S/C21H22N6O2/c1-13(2)17-11-16(18-14(3)25-29-20(18)24-17)21(28)27-9-7-26(8-10-27)19-15(12-22)5-4-6-23-19/h4-6,11,13H,7-10H2,1-3H3. The van der Waals surface area contributed by atoms with Gasteiger partial charge in [-0.2, -0.15) is 5.26 Å². The predicted octanol–water partition coefficient (Wildman–Crippen LogP) is 2.88. The maximum absolute atomic E-state index is 13.3. The fourth-order valence-corrected chi connectivity index (χ4v) is 3.61. The number of carbonyl (C=O) groups is 1. The fourth-order valence-electron chi connectivity index (χ4n) is 3.61. The monoisotopic (exact) mass is 390 g/mol. The van der Waals surface area contributed by atoms with Gasteiger partial charge in [0.1, 0.15) is 11.9 Å². The van der Waals surface area contributed by atoms with Crippen LogP contribution in [-0.4, -0.2) is 52.1 Å². The third-order valence-electron chi connectivity index (χ3n) is 5.23. The molecule has 3 aromatic rings. The topological polar surface area (TPSA) is 99.2 Å². The van der Waals surface area contributed by atoms with Crippen LogP contribution in [0.5, 0.6) is 0 Å². The van der Waals surface area contributed by atoms with Gasteiger partial charge in [-0.3, -0.25) is 4.79 Å². The van der Waals surface area contributed by atoms with Crippen molar-refractivity contribution in [3.8, 4) is 6.07 Å². The molecule has 3 aromatic heterocycles. The minimum absolute atomic E-state index is 0.0493. The van der Waals surface area contributed by atoms with Gasteiger partial charge in [0.25, 0.3) is 11.6 Å². The number of carbonyl (C=O) groups excluding carboxylic acids is 1. The number of nitriles is 1. The highest BCUT2D eigenvalue weighted by molar-refractivity contribution is 6.06. The van der Waals surface area contributed by atoms with Crippen molar-refractivity contribution in [3.63, 3.8) is 0 Å². The Morgan fingerprint density at radius 2 is 2.03 bits per heavy atom. The number of amides is 1. The third kappa shape index (κ3) is 3.40. The average molecular weight is 390 g/mol. The first kappa shape index (κ1) is 18.9. The summed E-state index contributed by atoms with van der Waals surface area (Å²) in [7, 11) is 0. The third-order valence-corrected chi connectivity index (χ3v) is 5.23. The van der Waals surface area contributed by atoms with Crippen molar-refractivity contribution in [3.05, 3.63) is 46.9 Å². The van der Waals surface area contributed by atoms with Crippen molar-refractivity contribution < 1.29 is 9.32 Å². The zero-order valence-corrected chi connectivity index (χ0v) is 16.7. The molecule has 29 heavy (non-hydrogen) atoms. The number of hydrogen-bond donors (Lipinski definition) is 0. The number of aryl methyl sites for hydroxylation is 1. The van der Waals surface area contributed by atoms with Crippen molar-refractivity contribution in [2.24, 2.45) is 0 Å². The van der Waals surface area contributed by atoms with Gasteiger partial charge < -0.3 is 14.3 Å². The molecule has 0 atom stereocenters. The molecule has 0 aliphatic carbocycles. The summed E-state index contributed by atoms with van der Waals surface area (Å²) in [6, 6.07) is 7.56. The van der Waals surface area contributed by atoms with E-state index in [4.69, 9.17) is 4.52 Å². The summed E-state index contributed by atoms with van der Waals surface area (Å²) in [6.45, 7) is 8.21. The molecular formula is C21H22N6O2. The van der Waals surface area contributed by atoms with Crippen molar-refractivity contribution in [1.29, 1.82) is 5.26 Å². The zero-order valence-electron chi connectivity index (χ0n) is 16.7. The highest BCUT2D eigenvalue weighted by atomic mass is 16.5. The Balaban J connectivity index is 1.59. The van der Waals surface area contributed by atoms with E-state index in [1.165, 1.54) is 0 Å². The summed E-state index contributed by atoms with van der Waals surface area (Å²) < 4.78 is 5.34. The Labute approximate surface area is 168 Å². The first-order chi connectivity index (χ1) is 14.0. The van der Waals surface area contributed by atoms with E-state index in [1.54, 1.807) is 18.3 Å². The smallest absolute Gasteiger partial charge is 0.259 e. The van der Waals surface area contributed by atoms with Gasteiger partial charge in [-0.05, 0) is 31.0 Å². The molecule has 1 aliphatic heterocycles. The number of pyridine rings is 2. The van der Waals surface area contributed by atoms with Crippen molar-refractivity contribution in [2.75, 3.05) is 31.1 Å². The van der Waals surface area contributed by atoms with Crippen LogP contribution in [0.2, 0.25) is 0 Å². The second kappa shape index (κ2) is 7.51. The van der Waals surface area contributed by atoms with Gasteiger partial charge in [0.05, 0.1) is 22.2 Å². The van der Waals surface area contributed by atoms with Gasteiger partial charge in [0.2, 0.25) is 0 Å². The molecular weight excluding hydrogens is 368 g/mol. The quantitative estimate of drug-likeness (QED) is 0.678. The molecule has 0 spiro atoms. The minimum Gasteiger partial charge on any atom is -0.352 e. The molecule has 0 N–H and O–H groups in total. The lowest BCUT2D eigenvalue weighted by Gasteiger charge is -2.35. The molecule has 0 saturated carbocycles. The molecule has 0 radical (unpaired) electrons. The van der Waals surface area contributed by atoms with Crippen LogP contribution < -0.4 is 4.90 Å². The second-order valence-electron chi connectivity index (χ2n) is 7.46. The van der Waals surface area contributed by atoms with Gasteiger partial charge in [0.15, 0.2) is 0 Å². The molecule has 1 saturated heterocycles. The molecule has 148 valence electrons. The molecule has 1 amide bonds. The van der Waals surface area contributed by atoms with Crippen LogP contribution >= 0.6 is 0 Å². The van der Waals surface area contributed by atoms with E-state index in [0.29, 0.717) is 59.9 Å². The van der Waals surface area contributed by atoms with Crippen molar-refractivity contribution in [2.45, 2.75) is 26.7 Å². The molecule has 0 unspecified atom stereocenters. The van der Waals surface area contributed by atoms with Gasteiger partial charge in [0, 0.05) is 38.1 Å². The lowest BCUT2D eigenvalue weighted by atomic mass is 10.0. The van der Waals surface area contributed by atoms with E-state index in [9.17, 15) is 10.1 Å². The van der Waals surface area contributed by atoms with E-state index < -0.39 is 0 Å². The SMILES string of the molecule is Cc1noc2nc(C(C)C)cc(C(=O)N3CCN(c4ncccc4C#N)CC3)c12. The van der Waals surface area contributed by atoms with Gasteiger partial charge >= 0.3 is 0 Å². The van der Waals surface area contributed by atoms with Crippen LogP contribution in [0.15, 0.2) is 28.9 Å². The first-order valence-electron chi connectivity index (χ1n) is 9.66.